The van der Waals surface area contributed by atoms with Crippen molar-refractivity contribution in [2.45, 2.75) is 32.7 Å². The van der Waals surface area contributed by atoms with Gasteiger partial charge in [-0.15, -0.1) is 0 Å². The molecule has 1 aromatic carbocycles. The molecular weight excluding hydrogens is 302 g/mol. The number of carbonyl (C=O) groups excluding carboxylic acids is 1. The molecule has 0 aliphatic carbocycles. The van der Waals surface area contributed by atoms with E-state index in [0.29, 0.717) is 17.1 Å². The second kappa shape index (κ2) is 7.42. The smallest absolute Gasteiger partial charge is 0.272 e. The second-order valence-corrected chi connectivity index (χ2v) is 5.59. The number of halogens is 1. The summed E-state index contributed by atoms with van der Waals surface area (Å²) in [5.41, 5.74) is 2.02. The van der Waals surface area contributed by atoms with Gasteiger partial charge < -0.3 is 10.4 Å². The number of aromatic nitrogens is 2. The zero-order chi connectivity index (χ0) is 16.1. The van der Waals surface area contributed by atoms with E-state index in [1.54, 1.807) is 22.9 Å². The van der Waals surface area contributed by atoms with Crippen molar-refractivity contribution < 1.29 is 9.90 Å². The zero-order valence-electron chi connectivity index (χ0n) is 12.7. The molecule has 2 aromatic rings. The van der Waals surface area contributed by atoms with Gasteiger partial charge in [0.25, 0.3) is 5.91 Å². The Hall–Kier alpha value is -1.85. The van der Waals surface area contributed by atoms with Crippen molar-refractivity contribution in [1.29, 1.82) is 0 Å². The van der Waals surface area contributed by atoms with E-state index in [1.807, 2.05) is 26.0 Å². The Balaban J connectivity index is 2.20. The molecule has 0 saturated heterocycles. The molecule has 0 bridgehead atoms. The minimum atomic E-state index is -0.232. The summed E-state index contributed by atoms with van der Waals surface area (Å²) in [6.07, 6.45) is 1.30. The molecule has 1 aromatic heterocycles. The first-order valence-electron chi connectivity index (χ1n) is 7.29. The summed E-state index contributed by atoms with van der Waals surface area (Å²) >= 11 is 5.99. The lowest BCUT2D eigenvalue weighted by Crippen LogP contribution is -2.35. The predicted molar refractivity (Wildman–Crippen MR) is 86.6 cm³/mol. The number of aryl methyl sites for hydroxylation is 1. The number of carbonyl (C=O) groups is 1. The van der Waals surface area contributed by atoms with Crippen LogP contribution in [0.2, 0.25) is 5.02 Å². The van der Waals surface area contributed by atoms with Crippen molar-refractivity contribution in [2.75, 3.05) is 6.61 Å². The Bertz CT molecular complexity index is 655. The summed E-state index contributed by atoms with van der Waals surface area (Å²) in [6.45, 7) is 3.90. The van der Waals surface area contributed by atoms with Gasteiger partial charge in [-0.05, 0) is 44.0 Å². The van der Waals surface area contributed by atoms with Gasteiger partial charge in [0.2, 0.25) is 0 Å². The third-order valence-electron chi connectivity index (χ3n) is 3.48. The van der Waals surface area contributed by atoms with Crippen molar-refractivity contribution in [3.8, 4) is 5.69 Å². The molecule has 0 aliphatic rings. The van der Waals surface area contributed by atoms with Crippen molar-refractivity contribution in [1.82, 2.24) is 15.1 Å². The van der Waals surface area contributed by atoms with Crippen LogP contribution in [0.25, 0.3) is 5.69 Å². The number of benzene rings is 1. The van der Waals surface area contributed by atoms with Crippen LogP contribution in [0.4, 0.5) is 0 Å². The van der Waals surface area contributed by atoms with E-state index in [0.717, 1.165) is 17.8 Å². The first-order chi connectivity index (χ1) is 10.5. The van der Waals surface area contributed by atoms with Gasteiger partial charge in [-0.2, -0.15) is 5.10 Å². The summed E-state index contributed by atoms with van der Waals surface area (Å²) in [4.78, 5) is 12.3. The lowest BCUT2D eigenvalue weighted by atomic mass is 10.1. The highest BCUT2D eigenvalue weighted by atomic mass is 35.5. The molecule has 0 fully saturated rings. The molecular formula is C16H20ClN3O2. The summed E-state index contributed by atoms with van der Waals surface area (Å²) in [7, 11) is 0. The molecule has 118 valence electrons. The minimum absolute atomic E-state index is 0.0471. The fourth-order valence-electron chi connectivity index (χ4n) is 2.25. The molecule has 0 aliphatic heterocycles. The van der Waals surface area contributed by atoms with Gasteiger partial charge in [0, 0.05) is 23.4 Å². The number of hydrogen-bond acceptors (Lipinski definition) is 3. The van der Waals surface area contributed by atoms with E-state index >= 15 is 0 Å². The van der Waals surface area contributed by atoms with Gasteiger partial charge in [0.15, 0.2) is 5.69 Å². The Morgan fingerprint density at radius 1 is 1.45 bits per heavy atom. The molecule has 1 heterocycles. The standard InChI is InChI=1S/C16H20ClN3O2/c1-3-13(7-8-21)18-16(22)15-9-11(2)20(19-15)14-6-4-5-12(17)10-14/h4-6,9-10,13,21H,3,7-8H2,1-2H3,(H,18,22). The number of nitrogens with zero attached hydrogens (tertiary/aromatic N) is 2. The van der Waals surface area contributed by atoms with Crippen LogP contribution in [0.3, 0.4) is 0 Å². The molecule has 1 amide bonds. The monoisotopic (exact) mass is 321 g/mol. The fraction of sp³-hybridized carbons (Fsp3) is 0.375. The Labute approximate surface area is 134 Å². The normalized spacial score (nSPS) is 12.2. The third kappa shape index (κ3) is 3.87. The van der Waals surface area contributed by atoms with E-state index in [2.05, 4.69) is 10.4 Å². The Morgan fingerprint density at radius 3 is 2.86 bits per heavy atom. The molecule has 0 spiro atoms. The van der Waals surface area contributed by atoms with Gasteiger partial charge in [-0.3, -0.25) is 4.79 Å². The maximum Gasteiger partial charge on any atom is 0.272 e. The lowest BCUT2D eigenvalue weighted by Gasteiger charge is -2.14. The summed E-state index contributed by atoms with van der Waals surface area (Å²) < 4.78 is 1.69. The topological polar surface area (TPSA) is 67.2 Å². The quantitative estimate of drug-likeness (QED) is 0.859. The molecule has 1 atom stereocenters. The van der Waals surface area contributed by atoms with E-state index in [4.69, 9.17) is 16.7 Å². The van der Waals surface area contributed by atoms with Gasteiger partial charge in [-0.1, -0.05) is 24.6 Å². The summed E-state index contributed by atoms with van der Waals surface area (Å²) in [6, 6.07) is 9.00. The fourth-order valence-corrected chi connectivity index (χ4v) is 2.43. The molecule has 0 saturated carbocycles. The predicted octanol–water partition coefficient (Wildman–Crippen LogP) is 2.72. The maximum absolute atomic E-state index is 12.3. The van der Waals surface area contributed by atoms with Crippen LogP contribution in [0.5, 0.6) is 0 Å². The van der Waals surface area contributed by atoms with Crippen molar-refractivity contribution >= 4 is 17.5 Å². The number of aliphatic hydroxyl groups excluding tert-OH is 1. The van der Waals surface area contributed by atoms with Crippen LogP contribution < -0.4 is 5.32 Å². The van der Waals surface area contributed by atoms with Crippen molar-refractivity contribution in [2.24, 2.45) is 0 Å². The molecule has 0 radical (unpaired) electrons. The average Bonchev–Trinajstić information content (AvgIpc) is 2.89. The van der Waals surface area contributed by atoms with Crippen LogP contribution >= 0.6 is 11.6 Å². The van der Waals surface area contributed by atoms with E-state index in [-0.39, 0.29) is 18.6 Å². The number of amides is 1. The number of rotatable bonds is 6. The van der Waals surface area contributed by atoms with Gasteiger partial charge >= 0.3 is 0 Å². The Morgan fingerprint density at radius 2 is 2.23 bits per heavy atom. The van der Waals surface area contributed by atoms with Crippen molar-refractivity contribution in [3.05, 3.63) is 46.7 Å². The highest BCUT2D eigenvalue weighted by Gasteiger charge is 2.16. The zero-order valence-corrected chi connectivity index (χ0v) is 13.5. The van der Waals surface area contributed by atoms with Crippen LogP contribution in [0, 0.1) is 6.92 Å². The van der Waals surface area contributed by atoms with Crippen LogP contribution in [0.15, 0.2) is 30.3 Å². The minimum Gasteiger partial charge on any atom is -0.396 e. The number of aliphatic hydroxyl groups is 1. The Kier molecular flexibility index (Phi) is 5.57. The number of nitrogens with one attached hydrogen (secondary N) is 1. The van der Waals surface area contributed by atoms with Crippen LogP contribution in [-0.2, 0) is 0 Å². The second-order valence-electron chi connectivity index (χ2n) is 5.15. The molecule has 6 heteroatoms. The average molecular weight is 322 g/mol. The number of hydrogen-bond donors (Lipinski definition) is 2. The third-order valence-corrected chi connectivity index (χ3v) is 3.71. The SMILES string of the molecule is CCC(CCO)NC(=O)c1cc(C)n(-c2cccc(Cl)c2)n1. The highest BCUT2D eigenvalue weighted by molar-refractivity contribution is 6.30. The van der Waals surface area contributed by atoms with Crippen molar-refractivity contribution in [3.63, 3.8) is 0 Å². The van der Waals surface area contributed by atoms with Gasteiger partial charge in [0.05, 0.1) is 5.69 Å². The largest absolute Gasteiger partial charge is 0.396 e. The first-order valence-corrected chi connectivity index (χ1v) is 7.67. The highest BCUT2D eigenvalue weighted by Crippen LogP contribution is 2.17. The van der Waals surface area contributed by atoms with Gasteiger partial charge in [0.1, 0.15) is 0 Å². The first kappa shape index (κ1) is 16.5. The maximum atomic E-state index is 12.3. The molecule has 2 N–H and O–H groups in total. The molecule has 2 rings (SSSR count). The van der Waals surface area contributed by atoms with Gasteiger partial charge in [-0.25, -0.2) is 4.68 Å². The van der Waals surface area contributed by atoms with E-state index in [9.17, 15) is 4.79 Å². The van der Waals surface area contributed by atoms with Crippen LogP contribution in [0.1, 0.15) is 35.9 Å². The summed E-state index contributed by atoms with van der Waals surface area (Å²) in [5, 5.41) is 16.8. The molecule has 1 unspecified atom stereocenters. The van der Waals surface area contributed by atoms with E-state index < -0.39 is 0 Å². The summed E-state index contributed by atoms with van der Waals surface area (Å²) in [5.74, 6) is -0.232. The molecule has 5 nitrogen and oxygen atoms in total. The molecule has 22 heavy (non-hydrogen) atoms. The lowest BCUT2D eigenvalue weighted by molar-refractivity contribution is 0.0923. The van der Waals surface area contributed by atoms with Crippen LogP contribution in [-0.4, -0.2) is 33.4 Å². The van der Waals surface area contributed by atoms with E-state index in [1.165, 1.54) is 0 Å².